The van der Waals surface area contributed by atoms with E-state index in [0.29, 0.717) is 5.82 Å². The molecule has 5 heterocycles. The molecule has 0 aromatic carbocycles. The van der Waals surface area contributed by atoms with Gasteiger partial charge in [-0.25, -0.2) is 15.0 Å². The fourth-order valence-corrected chi connectivity index (χ4v) is 3.74. The topological polar surface area (TPSA) is 73.8 Å². The van der Waals surface area contributed by atoms with Crippen molar-refractivity contribution in [1.29, 1.82) is 0 Å². The minimum absolute atomic E-state index is 0.614. The van der Waals surface area contributed by atoms with Gasteiger partial charge in [0, 0.05) is 55.2 Å². The maximum Gasteiger partial charge on any atom is 0.180 e. The molecule has 0 unspecified atom stereocenters. The van der Waals surface area contributed by atoms with Crippen LogP contribution in [0.25, 0.3) is 33.8 Å². The third kappa shape index (κ3) is 3.45. The summed E-state index contributed by atoms with van der Waals surface area (Å²) in [6.07, 6.45) is 5.71. The normalized spacial score (nSPS) is 15.2. The molecule has 0 aliphatic carbocycles. The van der Waals surface area contributed by atoms with Crippen LogP contribution < -0.4 is 4.90 Å². The van der Waals surface area contributed by atoms with Gasteiger partial charge in [-0.2, -0.15) is 0 Å². The van der Waals surface area contributed by atoms with E-state index < -0.39 is 0 Å². The van der Waals surface area contributed by atoms with Gasteiger partial charge in [-0.1, -0.05) is 6.07 Å². The molecule has 7 heteroatoms. The zero-order valence-corrected chi connectivity index (χ0v) is 16.6. The van der Waals surface area contributed by atoms with E-state index in [1.165, 1.54) is 0 Å². The molecule has 0 bridgehead atoms. The predicted molar refractivity (Wildman–Crippen MR) is 115 cm³/mol. The van der Waals surface area contributed by atoms with Crippen molar-refractivity contribution in [2.75, 3.05) is 38.1 Å². The van der Waals surface area contributed by atoms with Crippen LogP contribution in [0.4, 0.5) is 5.69 Å². The second-order valence-electron chi connectivity index (χ2n) is 7.52. The highest BCUT2D eigenvalue weighted by atomic mass is 15.2. The molecule has 0 amide bonds. The first-order valence-corrected chi connectivity index (χ1v) is 9.85. The summed E-state index contributed by atoms with van der Waals surface area (Å²) in [6.45, 7) is 6.10. The quantitative estimate of drug-likeness (QED) is 0.584. The SMILES string of the molecule is Cc1cccc(-c2nc(-c3cncc(N4CCN(C)CC4)c3)c3cc[nH]c3n2)n1. The van der Waals surface area contributed by atoms with Gasteiger partial charge in [-0.3, -0.25) is 4.98 Å². The lowest BCUT2D eigenvalue weighted by Crippen LogP contribution is -2.44. The highest BCUT2D eigenvalue weighted by Gasteiger charge is 2.17. The minimum Gasteiger partial charge on any atom is -0.368 e. The van der Waals surface area contributed by atoms with E-state index in [2.05, 4.69) is 42.8 Å². The third-order valence-corrected chi connectivity index (χ3v) is 5.40. The first kappa shape index (κ1) is 17.8. The van der Waals surface area contributed by atoms with Crippen LogP contribution in [-0.2, 0) is 0 Å². The number of aromatic nitrogens is 5. The van der Waals surface area contributed by atoms with Crippen molar-refractivity contribution in [2.24, 2.45) is 0 Å². The average molecular weight is 385 g/mol. The zero-order chi connectivity index (χ0) is 19.8. The Morgan fingerprint density at radius 2 is 1.83 bits per heavy atom. The summed E-state index contributed by atoms with van der Waals surface area (Å²) < 4.78 is 0. The van der Waals surface area contributed by atoms with Crippen molar-refractivity contribution in [1.82, 2.24) is 29.8 Å². The summed E-state index contributed by atoms with van der Waals surface area (Å²) in [4.78, 5) is 26.7. The summed E-state index contributed by atoms with van der Waals surface area (Å²) >= 11 is 0. The molecular weight excluding hydrogens is 362 g/mol. The Morgan fingerprint density at radius 3 is 2.66 bits per heavy atom. The molecule has 1 N–H and O–H groups in total. The van der Waals surface area contributed by atoms with Crippen molar-refractivity contribution in [3.8, 4) is 22.8 Å². The maximum atomic E-state index is 4.89. The Bertz CT molecular complexity index is 1160. The second-order valence-corrected chi connectivity index (χ2v) is 7.52. The monoisotopic (exact) mass is 385 g/mol. The van der Waals surface area contributed by atoms with Crippen LogP contribution in [0.15, 0.2) is 48.9 Å². The average Bonchev–Trinajstić information content (AvgIpc) is 3.22. The number of aromatic amines is 1. The van der Waals surface area contributed by atoms with Crippen LogP contribution in [0.3, 0.4) is 0 Å². The number of H-pyrrole nitrogens is 1. The van der Waals surface area contributed by atoms with Gasteiger partial charge in [0.15, 0.2) is 5.82 Å². The van der Waals surface area contributed by atoms with E-state index >= 15 is 0 Å². The number of piperazine rings is 1. The number of hydrogen-bond acceptors (Lipinski definition) is 6. The molecule has 1 saturated heterocycles. The number of likely N-dealkylation sites (N-methyl/N-ethyl adjacent to an activating group) is 1. The summed E-state index contributed by atoms with van der Waals surface area (Å²) in [7, 11) is 2.16. The van der Waals surface area contributed by atoms with Gasteiger partial charge in [0.2, 0.25) is 0 Å². The van der Waals surface area contributed by atoms with Crippen LogP contribution in [0.5, 0.6) is 0 Å². The lowest BCUT2D eigenvalue weighted by molar-refractivity contribution is 0.313. The number of pyridine rings is 2. The fraction of sp³-hybridized carbons (Fsp3) is 0.273. The first-order chi connectivity index (χ1) is 14.2. The van der Waals surface area contributed by atoms with Gasteiger partial charge in [-0.05, 0) is 38.2 Å². The van der Waals surface area contributed by atoms with Gasteiger partial charge in [-0.15, -0.1) is 0 Å². The molecule has 146 valence electrons. The minimum atomic E-state index is 0.614. The van der Waals surface area contributed by atoms with Crippen molar-refractivity contribution < 1.29 is 0 Å². The third-order valence-electron chi connectivity index (χ3n) is 5.40. The summed E-state index contributed by atoms with van der Waals surface area (Å²) in [5.41, 5.74) is 5.51. The number of hydrogen-bond donors (Lipinski definition) is 1. The fourth-order valence-electron chi connectivity index (χ4n) is 3.74. The predicted octanol–water partition coefficient (Wildman–Crippen LogP) is 3.14. The van der Waals surface area contributed by atoms with Crippen molar-refractivity contribution >= 4 is 16.7 Å². The van der Waals surface area contributed by atoms with E-state index in [9.17, 15) is 0 Å². The Kier molecular flexibility index (Phi) is 4.44. The lowest BCUT2D eigenvalue weighted by atomic mass is 10.1. The zero-order valence-electron chi connectivity index (χ0n) is 16.6. The first-order valence-electron chi connectivity index (χ1n) is 9.85. The van der Waals surface area contributed by atoms with E-state index in [1.807, 2.05) is 49.8 Å². The van der Waals surface area contributed by atoms with E-state index in [-0.39, 0.29) is 0 Å². The van der Waals surface area contributed by atoms with Gasteiger partial charge in [0.25, 0.3) is 0 Å². The van der Waals surface area contributed by atoms with E-state index in [1.54, 1.807) is 0 Å². The van der Waals surface area contributed by atoms with Crippen molar-refractivity contribution in [2.45, 2.75) is 6.92 Å². The molecule has 1 fully saturated rings. The largest absolute Gasteiger partial charge is 0.368 e. The van der Waals surface area contributed by atoms with Crippen LogP contribution in [0.2, 0.25) is 0 Å². The van der Waals surface area contributed by atoms with Crippen LogP contribution in [-0.4, -0.2) is 63.0 Å². The number of nitrogens with zero attached hydrogens (tertiary/aromatic N) is 6. The van der Waals surface area contributed by atoms with Gasteiger partial charge >= 0.3 is 0 Å². The highest BCUT2D eigenvalue weighted by molar-refractivity contribution is 5.92. The standard InChI is InChI=1S/C22H23N7/c1-15-4-3-5-19(25-15)22-26-20(18-6-7-24-21(18)27-22)16-12-17(14-23-13-16)29-10-8-28(2)9-11-29/h3-7,12-14H,8-11H2,1-2H3,(H,24,26,27). The number of nitrogens with one attached hydrogen (secondary N) is 1. The van der Waals surface area contributed by atoms with E-state index in [0.717, 1.165) is 65.5 Å². The lowest BCUT2D eigenvalue weighted by Gasteiger charge is -2.33. The molecule has 29 heavy (non-hydrogen) atoms. The molecule has 4 aromatic heterocycles. The number of aryl methyl sites for hydroxylation is 1. The summed E-state index contributed by atoms with van der Waals surface area (Å²) in [6, 6.07) is 10.1. The summed E-state index contributed by atoms with van der Waals surface area (Å²) in [5.74, 6) is 0.614. The Morgan fingerprint density at radius 1 is 0.966 bits per heavy atom. The summed E-state index contributed by atoms with van der Waals surface area (Å²) in [5, 5.41) is 0.985. The van der Waals surface area contributed by atoms with Crippen molar-refractivity contribution in [3.63, 3.8) is 0 Å². The van der Waals surface area contributed by atoms with Gasteiger partial charge in [0.1, 0.15) is 11.3 Å². The number of anilines is 1. The molecule has 7 nitrogen and oxygen atoms in total. The van der Waals surface area contributed by atoms with Crippen LogP contribution >= 0.6 is 0 Å². The van der Waals surface area contributed by atoms with Gasteiger partial charge in [0.05, 0.1) is 17.6 Å². The maximum absolute atomic E-state index is 4.89. The van der Waals surface area contributed by atoms with Crippen LogP contribution in [0.1, 0.15) is 5.69 Å². The van der Waals surface area contributed by atoms with Crippen molar-refractivity contribution in [3.05, 3.63) is 54.6 Å². The molecular formula is C22H23N7. The van der Waals surface area contributed by atoms with E-state index in [4.69, 9.17) is 4.98 Å². The molecule has 0 saturated carbocycles. The molecule has 1 aliphatic heterocycles. The Balaban J connectivity index is 1.60. The number of rotatable bonds is 3. The Hall–Kier alpha value is -3.32. The molecule has 5 rings (SSSR count). The van der Waals surface area contributed by atoms with Gasteiger partial charge < -0.3 is 14.8 Å². The molecule has 0 spiro atoms. The smallest absolute Gasteiger partial charge is 0.180 e. The van der Waals surface area contributed by atoms with Crippen LogP contribution in [0, 0.1) is 6.92 Å². The number of fused-ring (bicyclic) bond motifs is 1. The highest BCUT2D eigenvalue weighted by Crippen LogP contribution is 2.30. The second kappa shape index (κ2) is 7.25. The molecule has 4 aromatic rings. The Labute approximate surface area is 169 Å². The molecule has 0 atom stereocenters. The molecule has 1 aliphatic rings. The molecule has 0 radical (unpaired) electrons.